The fourth-order valence-corrected chi connectivity index (χ4v) is 3.23. The summed E-state index contributed by atoms with van der Waals surface area (Å²) in [6.07, 6.45) is 0. The summed E-state index contributed by atoms with van der Waals surface area (Å²) in [6.45, 7) is 6.99. The number of hydrogen-bond donors (Lipinski definition) is 1. The molecule has 0 aliphatic heterocycles. The maximum atomic E-state index is 12.3. The number of rotatable bonds is 7. The Hall–Kier alpha value is -3.01. The van der Waals surface area contributed by atoms with Gasteiger partial charge in [-0.2, -0.15) is 9.78 Å². The minimum absolute atomic E-state index is 0.195. The summed E-state index contributed by atoms with van der Waals surface area (Å²) >= 11 is 3.52. The minimum Gasteiger partial charge on any atom is -0.358 e. The van der Waals surface area contributed by atoms with E-state index < -0.39 is 4.92 Å². The molecule has 10 heteroatoms. The lowest BCUT2D eigenvalue weighted by atomic mass is 10.1. The number of aromatic nitrogens is 4. The van der Waals surface area contributed by atoms with E-state index in [1.807, 2.05) is 30.7 Å². The second-order valence-corrected chi connectivity index (χ2v) is 7.51. The molecule has 0 saturated heterocycles. The molecule has 0 atom stereocenters. The summed E-state index contributed by atoms with van der Waals surface area (Å²) in [6, 6.07) is 8.76. The van der Waals surface area contributed by atoms with E-state index in [1.54, 1.807) is 19.1 Å². The molecule has 3 rings (SSSR count). The number of benzene rings is 1. The average molecular weight is 461 g/mol. The number of carbonyl (C=O) groups excluding carboxylic acids is 1. The van der Waals surface area contributed by atoms with Crippen LogP contribution in [-0.2, 0) is 13.1 Å². The van der Waals surface area contributed by atoms with Crippen LogP contribution in [-0.4, -0.2) is 36.9 Å². The van der Waals surface area contributed by atoms with Gasteiger partial charge in [0.05, 0.1) is 45.8 Å². The summed E-state index contributed by atoms with van der Waals surface area (Å²) in [5.74, 6) is -0.399. The minimum atomic E-state index is -0.533. The van der Waals surface area contributed by atoms with Crippen molar-refractivity contribution < 1.29 is 9.72 Å². The molecule has 0 saturated carbocycles. The second kappa shape index (κ2) is 8.56. The third-order valence-corrected chi connectivity index (χ3v) is 5.75. The van der Waals surface area contributed by atoms with Crippen molar-refractivity contribution in [2.75, 3.05) is 6.54 Å². The Bertz CT molecular complexity index is 1050. The van der Waals surface area contributed by atoms with Crippen molar-refractivity contribution >= 4 is 27.7 Å². The molecule has 0 unspecified atom stereocenters. The molecule has 29 heavy (non-hydrogen) atoms. The molecule has 1 amide bonds. The van der Waals surface area contributed by atoms with E-state index in [9.17, 15) is 14.9 Å². The quantitative estimate of drug-likeness (QED) is 0.430. The van der Waals surface area contributed by atoms with Crippen LogP contribution in [0.15, 0.2) is 34.8 Å². The summed E-state index contributed by atoms with van der Waals surface area (Å²) in [7, 11) is 0. The third-order valence-electron chi connectivity index (χ3n) is 4.61. The van der Waals surface area contributed by atoms with Crippen molar-refractivity contribution in [3.05, 3.63) is 73.1 Å². The Morgan fingerprint density at radius 1 is 1.17 bits per heavy atom. The molecule has 9 nitrogen and oxygen atoms in total. The molecule has 0 fully saturated rings. The number of aryl methyl sites for hydroxylation is 2. The number of amides is 1. The van der Waals surface area contributed by atoms with E-state index in [2.05, 4.69) is 31.4 Å². The summed E-state index contributed by atoms with van der Waals surface area (Å²) < 4.78 is 4.43. The van der Waals surface area contributed by atoms with E-state index >= 15 is 0 Å². The van der Waals surface area contributed by atoms with E-state index in [4.69, 9.17) is 0 Å². The first-order valence-electron chi connectivity index (χ1n) is 9.01. The Labute approximate surface area is 176 Å². The summed E-state index contributed by atoms with van der Waals surface area (Å²) in [5.41, 5.74) is 4.26. The van der Waals surface area contributed by atoms with Crippen molar-refractivity contribution in [3.63, 3.8) is 0 Å². The molecule has 152 valence electrons. The predicted octanol–water partition coefficient (Wildman–Crippen LogP) is 3.15. The van der Waals surface area contributed by atoms with Crippen LogP contribution in [0.25, 0.3) is 0 Å². The highest BCUT2D eigenvalue weighted by molar-refractivity contribution is 9.10. The topological polar surface area (TPSA) is 108 Å². The van der Waals surface area contributed by atoms with Crippen molar-refractivity contribution in [2.45, 2.75) is 33.9 Å². The van der Waals surface area contributed by atoms with Crippen LogP contribution in [0.4, 0.5) is 5.82 Å². The zero-order valence-electron chi connectivity index (χ0n) is 16.3. The fourth-order valence-electron chi connectivity index (χ4n) is 2.95. The highest BCUT2D eigenvalue weighted by Crippen LogP contribution is 2.20. The zero-order valence-corrected chi connectivity index (χ0v) is 17.9. The highest BCUT2D eigenvalue weighted by Gasteiger charge is 2.15. The number of hydrogen-bond acceptors (Lipinski definition) is 5. The normalized spacial score (nSPS) is 10.9. The number of nitrogens with one attached hydrogen (secondary N) is 1. The first-order chi connectivity index (χ1) is 13.8. The Morgan fingerprint density at radius 2 is 1.86 bits per heavy atom. The first kappa shape index (κ1) is 20.7. The van der Waals surface area contributed by atoms with E-state index in [0.29, 0.717) is 30.9 Å². The van der Waals surface area contributed by atoms with Gasteiger partial charge in [-0.05, 0) is 59.3 Å². The number of halogens is 1. The number of carbonyl (C=O) groups is 1. The van der Waals surface area contributed by atoms with Crippen molar-refractivity contribution in [3.8, 4) is 0 Å². The van der Waals surface area contributed by atoms with Crippen LogP contribution in [0, 0.1) is 30.9 Å². The van der Waals surface area contributed by atoms with Gasteiger partial charge in [-0.1, -0.05) is 12.1 Å². The molecule has 2 heterocycles. The van der Waals surface area contributed by atoms with Gasteiger partial charge in [-0.25, -0.2) is 0 Å². The predicted molar refractivity (Wildman–Crippen MR) is 111 cm³/mol. The van der Waals surface area contributed by atoms with Crippen LogP contribution in [0.1, 0.15) is 33.0 Å². The van der Waals surface area contributed by atoms with Gasteiger partial charge in [0.15, 0.2) is 0 Å². The van der Waals surface area contributed by atoms with Crippen LogP contribution in [0.3, 0.4) is 0 Å². The van der Waals surface area contributed by atoms with Gasteiger partial charge < -0.3 is 15.4 Å². The van der Waals surface area contributed by atoms with Gasteiger partial charge in [-0.3, -0.25) is 9.48 Å². The van der Waals surface area contributed by atoms with Crippen molar-refractivity contribution in [2.24, 2.45) is 0 Å². The Balaban J connectivity index is 1.56. The fraction of sp³-hybridized carbons (Fsp3) is 0.316. The van der Waals surface area contributed by atoms with Gasteiger partial charge in [0, 0.05) is 12.1 Å². The molecule has 0 radical (unpaired) electrons. The maximum absolute atomic E-state index is 12.3. The molecule has 3 aromatic rings. The molecular weight excluding hydrogens is 440 g/mol. The molecule has 0 aliphatic carbocycles. The molecular formula is C19H21BrN6O3. The molecule has 1 aromatic carbocycles. The monoisotopic (exact) mass is 460 g/mol. The molecule has 2 aromatic heterocycles. The van der Waals surface area contributed by atoms with Gasteiger partial charge in [0.25, 0.3) is 5.91 Å². The van der Waals surface area contributed by atoms with Gasteiger partial charge in [0.1, 0.15) is 0 Å². The largest absolute Gasteiger partial charge is 0.390 e. The molecule has 0 bridgehead atoms. The molecule has 0 spiro atoms. The highest BCUT2D eigenvalue weighted by atomic mass is 79.9. The first-order valence-corrected chi connectivity index (χ1v) is 9.81. The lowest BCUT2D eigenvalue weighted by Crippen LogP contribution is -2.27. The van der Waals surface area contributed by atoms with Gasteiger partial charge >= 0.3 is 5.82 Å². The third kappa shape index (κ3) is 4.70. The lowest BCUT2D eigenvalue weighted by molar-refractivity contribution is -0.389. The van der Waals surface area contributed by atoms with Gasteiger partial charge in [-0.15, -0.1) is 0 Å². The molecule has 0 aliphatic rings. The molecule has 1 N–H and O–H groups in total. The van der Waals surface area contributed by atoms with E-state index in [0.717, 1.165) is 21.4 Å². The summed E-state index contributed by atoms with van der Waals surface area (Å²) in [5, 5.41) is 22.0. The number of nitrogens with zero attached hydrogens (tertiary/aromatic N) is 5. The van der Waals surface area contributed by atoms with Crippen LogP contribution < -0.4 is 5.32 Å². The zero-order chi connectivity index (χ0) is 21.1. The van der Waals surface area contributed by atoms with E-state index in [1.165, 1.54) is 10.7 Å². The maximum Gasteiger partial charge on any atom is 0.390 e. The van der Waals surface area contributed by atoms with Gasteiger partial charge in [0.2, 0.25) is 0 Å². The van der Waals surface area contributed by atoms with Crippen molar-refractivity contribution in [1.29, 1.82) is 0 Å². The number of nitro groups is 1. The lowest BCUT2D eigenvalue weighted by Gasteiger charge is -2.07. The Morgan fingerprint density at radius 3 is 2.41 bits per heavy atom. The Kier molecular flexibility index (Phi) is 6.12. The smallest absolute Gasteiger partial charge is 0.358 e. The van der Waals surface area contributed by atoms with Crippen molar-refractivity contribution in [1.82, 2.24) is 24.9 Å². The van der Waals surface area contributed by atoms with E-state index in [-0.39, 0.29) is 11.7 Å². The summed E-state index contributed by atoms with van der Waals surface area (Å²) in [4.78, 5) is 22.6. The van der Waals surface area contributed by atoms with Crippen LogP contribution in [0.5, 0.6) is 0 Å². The second-order valence-electron chi connectivity index (χ2n) is 6.72. The van der Waals surface area contributed by atoms with Crippen LogP contribution in [0.2, 0.25) is 0 Å². The average Bonchev–Trinajstić information content (AvgIpc) is 3.17. The SMILES string of the molecule is Cc1nn(Cc2ccc(C(=O)NCCn3nc([N+](=O)[O-])cc3C)cc2)c(C)c1Br. The van der Waals surface area contributed by atoms with Crippen LogP contribution >= 0.6 is 15.9 Å². The standard InChI is InChI=1S/C19H21BrN6O3/c1-12-10-17(26(28)29)23-24(12)9-8-21-19(27)16-6-4-15(5-7-16)11-25-14(3)18(20)13(2)22-25/h4-7,10H,8-9,11H2,1-3H3,(H,21,27).